The van der Waals surface area contributed by atoms with E-state index in [0.717, 1.165) is 24.3 Å². The van der Waals surface area contributed by atoms with Gasteiger partial charge in [-0.25, -0.2) is 0 Å². The summed E-state index contributed by atoms with van der Waals surface area (Å²) in [7, 11) is -2.25. The first-order chi connectivity index (χ1) is 5.81. The van der Waals surface area contributed by atoms with Crippen molar-refractivity contribution in [3.05, 3.63) is 0 Å². The maximum atomic E-state index is 10.9. The molecule has 0 aromatic carbocycles. The monoisotopic (exact) mass is 230 g/mol. The number of thiol groups is 2. The zero-order valence-electron chi connectivity index (χ0n) is 6.86. The Morgan fingerprint density at radius 1 is 1.00 bits per heavy atom. The molecule has 0 saturated carbocycles. The molecule has 0 radical (unpaired) electrons. The minimum Gasteiger partial charge on any atom is -0.311 e. The van der Waals surface area contributed by atoms with E-state index >= 15 is 0 Å². The van der Waals surface area contributed by atoms with Gasteiger partial charge in [0.1, 0.15) is 0 Å². The normalized spacial score (nSPS) is 10.9. The summed E-state index contributed by atoms with van der Waals surface area (Å²) in [6, 6.07) is 0. The third kappa shape index (κ3) is 8.94. The molecule has 0 amide bonds. The van der Waals surface area contributed by atoms with Gasteiger partial charge in [-0.3, -0.25) is 4.57 Å². The molecule has 0 fully saturated rings. The van der Waals surface area contributed by atoms with Crippen LogP contribution in [0, 0.1) is 0 Å². The van der Waals surface area contributed by atoms with Crippen LogP contribution in [0.3, 0.4) is 0 Å². The molecule has 0 aliphatic rings. The van der Waals surface area contributed by atoms with Crippen molar-refractivity contribution in [3.8, 4) is 0 Å². The van der Waals surface area contributed by atoms with Crippen molar-refractivity contribution in [2.24, 2.45) is 0 Å². The minimum atomic E-state index is -2.25. The van der Waals surface area contributed by atoms with Crippen molar-refractivity contribution >= 4 is 33.5 Å². The van der Waals surface area contributed by atoms with Crippen LogP contribution in [0.5, 0.6) is 0 Å². The lowest BCUT2D eigenvalue weighted by Gasteiger charge is -2.03. The maximum Gasteiger partial charge on any atom is 0.319 e. The molecule has 0 unspecified atom stereocenters. The van der Waals surface area contributed by atoms with E-state index in [9.17, 15) is 4.57 Å². The number of hydrogen-bond donors (Lipinski definition) is 2. The van der Waals surface area contributed by atoms with Gasteiger partial charge in [0.25, 0.3) is 0 Å². The Hall–Kier alpha value is 0.850. The van der Waals surface area contributed by atoms with Crippen LogP contribution in [-0.4, -0.2) is 24.7 Å². The molecule has 0 saturated heterocycles. The predicted molar refractivity (Wildman–Crippen MR) is 57.8 cm³/mol. The molecule has 0 aromatic heterocycles. The lowest BCUT2D eigenvalue weighted by molar-refractivity contribution is 0.227. The van der Waals surface area contributed by atoms with Gasteiger partial charge in [0.05, 0.1) is 13.2 Å². The van der Waals surface area contributed by atoms with Crippen molar-refractivity contribution in [2.75, 3.05) is 24.7 Å². The molecule has 74 valence electrons. The molecule has 0 atom stereocenters. The third-order valence-electron chi connectivity index (χ3n) is 1.04. The number of rotatable bonds is 8. The zero-order chi connectivity index (χ0) is 9.23. The van der Waals surface area contributed by atoms with E-state index in [1.165, 1.54) is 0 Å². The summed E-state index contributed by atoms with van der Waals surface area (Å²) in [5.74, 6) is 1.48. The highest BCUT2D eigenvalue weighted by Gasteiger charge is 1.97. The van der Waals surface area contributed by atoms with Gasteiger partial charge in [0.2, 0.25) is 0 Å². The fraction of sp³-hybridized carbons (Fsp3) is 1.00. The van der Waals surface area contributed by atoms with E-state index in [2.05, 4.69) is 25.3 Å². The lowest BCUT2D eigenvalue weighted by atomic mass is 10.5. The van der Waals surface area contributed by atoms with E-state index < -0.39 is 8.25 Å². The molecule has 0 aromatic rings. The average Bonchev–Trinajstić information content (AvgIpc) is 2.06. The molecule has 0 spiro atoms. The highest BCUT2D eigenvalue weighted by atomic mass is 32.1. The van der Waals surface area contributed by atoms with E-state index in [-0.39, 0.29) is 0 Å². The van der Waals surface area contributed by atoms with Crippen LogP contribution in [0.4, 0.5) is 0 Å². The Morgan fingerprint density at radius 2 is 1.42 bits per heavy atom. The topological polar surface area (TPSA) is 35.5 Å². The quantitative estimate of drug-likeness (QED) is 0.380. The van der Waals surface area contributed by atoms with Gasteiger partial charge in [0.15, 0.2) is 0 Å². The summed E-state index contributed by atoms with van der Waals surface area (Å²) < 4.78 is 20.6. The third-order valence-corrected chi connectivity index (χ3v) is 2.56. The largest absolute Gasteiger partial charge is 0.319 e. The molecule has 0 aliphatic carbocycles. The summed E-state index contributed by atoms with van der Waals surface area (Å²) in [4.78, 5) is 0. The standard InChI is InChI=1S/C6H15O3PS2/c7-10(8-3-1-5-11)9-4-2-6-12/h10-12H,1-6H2. The van der Waals surface area contributed by atoms with Gasteiger partial charge >= 0.3 is 8.25 Å². The van der Waals surface area contributed by atoms with Gasteiger partial charge in [-0.05, 0) is 24.3 Å². The highest BCUT2D eigenvalue weighted by molar-refractivity contribution is 7.80. The molecule has 0 rings (SSSR count). The van der Waals surface area contributed by atoms with Crippen molar-refractivity contribution in [2.45, 2.75) is 12.8 Å². The van der Waals surface area contributed by atoms with Crippen molar-refractivity contribution in [1.29, 1.82) is 0 Å². The van der Waals surface area contributed by atoms with Gasteiger partial charge in [-0.2, -0.15) is 25.3 Å². The van der Waals surface area contributed by atoms with Crippen LogP contribution in [0.1, 0.15) is 12.8 Å². The predicted octanol–water partition coefficient (Wildman–Crippen LogP) is 2.05. The Balaban J connectivity index is 3.10. The Morgan fingerprint density at radius 3 is 1.75 bits per heavy atom. The summed E-state index contributed by atoms with van der Waals surface area (Å²) in [5, 5.41) is 0. The van der Waals surface area contributed by atoms with E-state index in [0.29, 0.717) is 13.2 Å². The second-order valence-electron chi connectivity index (χ2n) is 2.10. The van der Waals surface area contributed by atoms with Gasteiger partial charge in [-0.1, -0.05) is 0 Å². The first kappa shape index (κ1) is 12.8. The van der Waals surface area contributed by atoms with Gasteiger partial charge < -0.3 is 9.05 Å². The first-order valence-corrected chi connectivity index (χ1v) is 6.31. The summed E-state index contributed by atoms with van der Waals surface area (Å²) >= 11 is 7.97. The highest BCUT2D eigenvalue weighted by Crippen LogP contribution is 2.23. The van der Waals surface area contributed by atoms with E-state index in [4.69, 9.17) is 9.05 Å². The van der Waals surface area contributed by atoms with Crippen molar-refractivity contribution < 1.29 is 13.6 Å². The SMILES string of the molecule is O=[PH](OCCCS)OCCCS. The summed E-state index contributed by atoms with van der Waals surface area (Å²) in [6.45, 7) is 0.921. The molecule has 6 heteroatoms. The molecule has 0 N–H and O–H groups in total. The molecular weight excluding hydrogens is 215 g/mol. The Kier molecular flexibility index (Phi) is 10.6. The summed E-state index contributed by atoms with van der Waals surface area (Å²) in [5.41, 5.74) is 0. The van der Waals surface area contributed by atoms with Crippen LogP contribution in [0.2, 0.25) is 0 Å². The van der Waals surface area contributed by atoms with E-state index in [1.54, 1.807) is 0 Å². The summed E-state index contributed by atoms with van der Waals surface area (Å²) in [6.07, 6.45) is 1.60. The van der Waals surface area contributed by atoms with Gasteiger partial charge in [0, 0.05) is 0 Å². The second-order valence-corrected chi connectivity index (χ2v) is 4.07. The second kappa shape index (κ2) is 9.93. The molecular formula is C6H15O3PS2. The van der Waals surface area contributed by atoms with Crippen LogP contribution in [-0.2, 0) is 13.6 Å². The van der Waals surface area contributed by atoms with Crippen molar-refractivity contribution in [1.82, 2.24) is 0 Å². The van der Waals surface area contributed by atoms with Crippen LogP contribution >= 0.6 is 33.5 Å². The molecule has 0 heterocycles. The van der Waals surface area contributed by atoms with Crippen LogP contribution in [0.15, 0.2) is 0 Å². The fourth-order valence-corrected chi connectivity index (χ4v) is 1.45. The van der Waals surface area contributed by atoms with Crippen LogP contribution < -0.4 is 0 Å². The average molecular weight is 230 g/mol. The van der Waals surface area contributed by atoms with Crippen LogP contribution in [0.25, 0.3) is 0 Å². The Bertz CT molecular complexity index is 111. The van der Waals surface area contributed by atoms with Gasteiger partial charge in [-0.15, -0.1) is 0 Å². The molecule has 3 nitrogen and oxygen atoms in total. The molecule has 0 bridgehead atoms. The van der Waals surface area contributed by atoms with Crippen molar-refractivity contribution in [3.63, 3.8) is 0 Å². The smallest absolute Gasteiger partial charge is 0.311 e. The lowest BCUT2D eigenvalue weighted by Crippen LogP contribution is -1.92. The van der Waals surface area contributed by atoms with E-state index in [1.807, 2.05) is 0 Å². The Labute approximate surface area is 85.0 Å². The zero-order valence-corrected chi connectivity index (χ0v) is 9.65. The fourth-order valence-electron chi connectivity index (χ4n) is 0.482. The number of hydrogen-bond acceptors (Lipinski definition) is 5. The molecule has 12 heavy (non-hydrogen) atoms. The first-order valence-electron chi connectivity index (χ1n) is 3.82. The maximum absolute atomic E-state index is 10.9. The molecule has 0 aliphatic heterocycles. The minimum absolute atomic E-state index is 0.460.